The lowest BCUT2D eigenvalue weighted by molar-refractivity contribution is -0.122. The Kier molecular flexibility index (Phi) is 3.99. The summed E-state index contributed by atoms with van der Waals surface area (Å²) in [5.74, 6) is 0.683. The van der Waals surface area contributed by atoms with Crippen molar-refractivity contribution in [1.29, 1.82) is 0 Å². The van der Waals surface area contributed by atoms with Gasteiger partial charge in [0.15, 0.2) is 11.5 Å². The summed E-state index contributed by atoms with van der Waals surface area (Å²) < 4.78 is 10.7. The molecule has 0 unspecified atom stereocenters. The van der Waals surface area contributed by atoms with E-state index in [4.69, 9.17) is 9.47 Å². The maximum Gasteiger partial charge on any atom is 0.231 e. The fraction of sp³-hybridized carbons (Fsp3) is 0.200. The van der Waals surface area contributed by atoms with Crippen molar-refractivity contribution in [2.24, 2.45) is 5.92 Å². The van der Waals surface area contributed by atoms with Crippen molar-refractivity contribution >= 4 is 23.2 Å². The van der Waals surface area contributed by atoms with E-state index in [0.717, 1.165) is 23.4 Å². The number of amides is 2. The van der Waals surface area contributed by atoms with E-state index in [1.54, 1.807) is 17.0 Å². The topological polar surface area (TPSA) is 67.9 Å². The van der Waals surface area contributed by atoms with Gasteiger partial charge in [-0.15, -0.1) is 0 Å². The van der Waals surface area contributed by atoms with E-state index in [-0.39, 0.29) is 25.0 Å². The highest BCUT2D eigenvalue weighted by atomic mass is 16.7. The van der Waals surface area contributed by atoms with Gasteiger partial charge in [0.1, 0.15) is 0 Å². The molecule has 2 heterocycles. The Bertz CT molecular complexity index is 1240. The van der Waals surface area contributed by atoms with Gasteiger partial charge in [-0.3, -0.25) is 9.59 Å². The largest absolute Gasteiger partial charge is 0.454 e. The Morgan fingerprint density at radius 2 is 1.77 bits per heavy atom. The number of carbonyl (C=O) groups is 2. The molecule has 1 atom stereocenters. The lowest BCUT2D eigenvalue weighted by Crippen LogP contribution is -2.28. The first-order chi connectivity index (χ1) is 15.2. The lowest BCUT2D eigenvalue weighted by Gasteiger charge is -2.17. The Morgan fingerprint density at radius 3 is 2.71 bits per heavy atom. The predicted octanol–water partition coefficient (Wildman–Crippen LogP) is 3.98. The molecule has 6 heteroatoms. The molecule has 3 aromatic rings. The number of rotatable bonds is 3. The summed E-state index contributed by atoms with van der Waals surface area (Å²) in [7, 11) is 0. The summed E-state index contributed by atoms with van der Waals surface area (Å²) >= 11 is 0. The molecule has 6 nitrogen and oxygen atoms in total. The normalized spacial score (nSPS) is 18.1. The van der Waals surface area contributed by atoms with Crippen LogP contribution in [0.15, 0.2) is 60.7 Å². The molecule has 0 saturated carbocycles. The molecule has 3 aromatic carbocycles. The molecule has 1 fully saturated rings. The van der Waals surface area contributed by atoms with Gasteiger partial charge in [0, 0.05) is 30.4 Å². The van der Waals surface area contributed by atoms with Crippen LogP contribution in [0, 0.1) is 5.92 Å². The van der Waals surface area contributed by atoms with Crippen LogP contribution >= 0.6 is 0 Å². The third kappa shape index (κ3) is 3.03. The van der Waals surface area contributed by atoms with Crippen molar-refractivity contribution in [3.05, 3.63) is 71.8 Å². The van der Waals surface area contributed by atoms with Gasteiger partial charge >= 0.3 is 0 Å². The summed E-state index contributed by atoms with van der Waals surface area (Å²) in [5.41, 5.74) is 6.44. The minimum absolute atomic E-state index is 0.0677. The fourth-order valence-electron chi connectivity index (χ4n) is 4.63. The Morgan fingerprint density at radius 1 is 0.935 bits per heavy atom. The number of benzene rings is 3. The quantitative estimate of drug-likeness (QED) is 0.553. The van der Waals surface area contributed by atoms with E-state index in [1.807, 2.05) is 24.3 Å². The van der Waals surface area contributed by atoms with Crippen molar-refractivity contribution in [3.63, 3.8) is 0 Å². The number of anilines is 2. The van der Waals surface area contributed by atoms with Gasteiger partial charge in [0.2, 0.25) is 18.6 Å². The SMILES string of the molecule is O=C(Nc1ccc2c(c1)-c1ccccc1C2)[C@H]1CC(=O)N(c2ccc3c(c2)OCO3)C1. The second kappa shape index (κ2) is 6.87. The van der Waals surface area contributed by atoms with Crippen LogP contribution in [0.4, 0.5) is 11.4 Å². The van der Waals surface area contributed by atoms with Crippen molar-refractivity contribution < 1.29 is 19.1 Å². The molecule has 154 valence electrons. The molecule has 31 heavy (non-hydrogen) atoms. The van der Waals surface area contributed by atoms with Crippen LogP contribution in [0.1, 0.15) is 17.5 Å². The average molecular weight is 412 g/mol. The van der Waals surface area contributed by atoms with E-state index in [9.17, 15) is 9.59 Å². The van der Waals surface area contributed by atoms with Gasteiger partial charge < -0.3 is 19.7 Å². The summed E-state index contributed by atoms with van der Waals surface area (Å²) in [4.78, 5) is 27.2. The summed E-state index contributed by atoms with van der Waals surface area (Å²) in [6, 6.07) is 19.8. The van der Waals surface area contributed by atoms with Crippen LogP contribution in [0.2, 0.25) is 0 Å². The van der Waals surface area contributed by atoms with E-state index in [1.165, 1.54) is 16.7 Å². The first kappa shape index (κ1) is 18.0. The smallest absolute Gasteiger partial charge is 0.231 e. The molecular weight excluding hydrogens is 392 g/mol. The standard InChI is InChI=1S/C25H20N2O4/c28-24-10-17(13-27(24)19-7-8-22-23(12-19)31-14-30-22)25(29)26-18-6-5-16-9-15-3-1-2-4-20(15)21(16)11-18/h1-8,11-12,17H,9-10,13-14H2,(H,26,29)/t17-/m0/s1. The van der Waals surface area contributed by atoms with Crippen LogP contribution in [-0.4, -0.2) is 25.2 Å². The highest BCUT2D eigenvalue weighted by Gasteiger charge is 2.36. The first-order valence-electron chi connectivity index (χ1n) is 10.4. The Hall–Kier alpha value is -3.80. The molecule has 0 aromatic heterocycles. The van der Waals surface area contributed by atoms with Gasteiger partial charge in [-0.25, -0.2) is 0 Å². The van der Waals surface area contributed by atoms with Gasteiger partial charge in [0.05, 0.1) is 5.92 Å². The first-order valence-corrected chi connectivity index (χ1v) is 10.4. The van der Waals surface area contributed by atoms with Crippen LogP contribution in [0.3, 0.4) is 0 Å². The minimum atomic E-state index is -0.404. The average Bonchev–Trinajstić information content (AvgIpc) is 3.49. The molecule has 1 saturated heterocycles. The Balaban J connectivity index is 1.19. The number of ether oxygens (including phenoxy) is 2. The van der Waals surface area contributed by atoms with Crippen LogP contribution in [-0.2, 0) is 16.0 Å². The fourth-order valence-corrected chi connectivity index (χ4v) is 4.63. The molecule has 2 amide bonds. The molecule has 6 rings (SSSR count). The highest BCUT2D eigenvalue weighted by Crippen LogP contribution is 2.39. The number of carbonyl (C=O) groups excluding carboxylic acids is 2. The number of nitrogens with one attached hydrogen (secondary N) is 1. The molecule has 1 N–H and O–H groups in total. The summed E-state index contributed by atoms with van der Waals surface area (Å²) in [6.07, 6.45) is 1.11. The molecule has 0 bridgehead atoms. The number of hydrogen-bond donors (Lipinski definition) is 1. The molecule has 2 aliphatic heterocycles. The predicted molar refractivity (Wildman–Crippen MR) is 116 cm³/mol. The summed E-state index contributed by atoms with van der Waals surface area (Å²) in [5, 5.41) is 3.02. The van der Waals surface area contributed by atoms with Gasteiger partial charge in [-0.2, -0.15) is 0 Å². The van der Waals surface area contributed by atoms with Crippen molar-refractivity contribution in [1.82, 2.24) is 0 Å². The number of fused-ring (bicyclic) bond motifs is 4. The van der Waals surface area contributed by atoms with Crippen LogP contribution in [0.5, 0.6) is 11.5 Å². The molecule has 1 aliphatic carbocycles. The second-order valence-electron chi connectivity index (χ2n) is 8.14. The molecule has 0 radical (unpaired) electrons. The third-order valence-corrected chi connectivity index (χ3v) is 6.23. The third-order valence-electron chi connectivity index (χ3n) is 6.23. The maximum absolute atomic E-state index is 12.9. The number of nitrogens with zero attached hydrogens (tertiary/aromatic N) is 1. The molecular formula is C25H20N2O4. The van der Waals surface area contributed by atoms with Gasteiger partial charge in [-0.1, -0.05) is 30.3 Å². The van der Waals surface area contributed by atoms with E-state index in [0.29, 0.717) is 18.0 Å². The van der Waals surface area contributed by atoms with E-state index >= 15 is 0 Å². The minimum Gasteiger partial charge on any atom is -0.454 e. The highest BCUT2D eigenvalue weighted by molar-refractivity contribution is 6.04. The van der Waals surface area contributed by atoms with Crippen molar-refractivity contribution in [3.8, 4) is 22.6 Å². The lowest BCUT2D eigenvalue weighted by atomic mass is 10.0. The monoisotopic (exact) mass is 412 g/mol. The second-order valence-corrected chi connectivity index (χ2v) is 8.14. The van der Waals surface area contributed by atoms with Crippen LogP contribution < -0.4 is 19.7 Å². The Labute approximate surface area is 179 Å². The molecule has 3 aliphatic rings. The van der Waals surface area contributed by atoms with Crippen molar-refractivity contribution in [2.75, 3.05) is 23.6 Å². The zero-order chi connectivity index (χ0) is 20.9. The zero-order valence-electron chi connectivity index (χ0n) is 16.8. The maximum atomic E-state index is 12.9. The zero-order valence-corrected chi connectivity index (χ0v) is 16.8. The van der Waals surface area contributed by atoms with Gasteiger partial charge in [-0.05, 0) is 52.9 Å². The van der Waals surface area contributed by atoms with Crippen LogP contribution in [0.25, 0.3) is 11.1 Å². The number of hydrogen-bond acceptors (Lipinski definition) is 4. The summed E-state index contributed by atoms with van der Waals surface area (Å²) in [6.45, 7) is 0.529. The van der Waals surface area contributed by atoms with E-state index < -0.39 is 5.92 Å². The molecule has 0 spiro atoms. The van der Waals surface area contributed by atoms with Crippen molar-refractivity contribution in [2.45, 2.75) is 12.8 Å². The van der Waals surface area contributed by atoms with Gasteiger partial charge in [0.25, 0.3) is 0 Å². The van der Waals surface area contributed by atoms with E-state index in [2.05, 4.69) is 29.6 Å².